The summed E-state index contributed by atoms with van der Waals surface area (Å²) in [5.41, 5.74) is 3.59. The highest BCUT2D eigenvalue weighted by atomic mass is 16.5. The van der Waals surface area contributed by atoms with Gasteiger partial charge >= 0.3 is 0 Å². The zero-order valence-corrected chi connectivity index (χ0v) is 14.4. The lowest BCUT2D eigenvalue weighted by Gasteiger charge is -2.35. The number of aliphatic hydroxyl groups is 1. The van der Waals surface area contributed by atoms with Gasteiger partial charge in [0.1, 0.15) is 6.10 Å². The molecule has 0 saturated heterocycles. The van der Waals surface area contributed by atoms with Crippen molar-refractivity contribution in [2.45, 2.75) is 43.9 Å². The van der Waals surface area contributed by atoms with Crippen molar-refractivity contribution in [1.29, 1.82) is 0 Å². The van der Waals surface area contributed by atoms with Gasteiger partial charge < -0.3 is 14.6 Å². The molecule has 4 rings (SSSR count). The highest BCUT2D eigenvalue weighted by Crippen LogP contribution is 2.55. The SMILES string of the molecule is C=C(C)CN1CCC23C=C[C@H](O)C[C@@H]2Oc2c(OC)ccc(c23)C1. The molecule has 3 atom stereocenters. The van der Waals surface area contributed by atoms with E-state index in [0.29, 0.717) is 6.42 Å². The summed E-state index contributed by atoms with van der Waals surface area (Å²) < 4.78 is 11.9. The van der Waals surface area contributed by atoms with Crippen LogP contribution in [0.3, 0.4) is 0 Å². The highest BCUT2D eigenvalue weighted by molar-refractivity contribution is 5.61. The molecule has 128 valence electrons. The van der Waals surface area contributed by atoms with Crippen LogP contribution in [0.1, 0.15) is 30.9 Å². The third kappa shape index (κ3) is 2.28. The molecule has 1 unspecified atom stereocenters. The molecule has 0 aromatic heterocycles. The quantitative estimate of drug-likeness (QED) is 0.867. The van der Waals surface area contributed by atoms with Gasteiger partial charge in [-0.05, 0) is 25.0 Å². The molecule has 1 N–H and O–H groups in total. The van der Waals surface area contributed by atoms with Crippen LogP contribution in [0.25, 0.3) is 0 Å². The van der Waals surface area contributed by atoms with E-state index in [9.17, 15) is 5.11 Å². The number of hydrogen-bond donors (Lipinski definition) is 1. The summed E-state index contributed by atoms with van der Waals surface area (Å²) in [7, 11) is 1.69. The summed E-state index contributed by atoms with van der Waals surface area (Å²) in [6.45, 7) is 8.95. The Morgan fingerprint density at radius 2 is 2.33 bits per heavy atom. The number of benzene rings is 1. The van der Waals surface area contributed by atoms with Crippen LogP contribution in [-0.2, 0) is 12.0 Å². The summed E-state index contributed by atoms with van der Waals surface area (Å²) >= 11 is 0. The second-order valence-electron chi connectivity index (χ2n) is 7.36. The van der Waals surface area contributed by atoms with Crippen molar-refractivity contribution in [2.75, 3.05) is 20.2 Å². The van der Waals surface area contributed by atoms with Crippen LogP contribution in [0.4, 0.5) is 0 Å². The first kappa shape index (κ1) is 15.7. The Labute approximate surface area is 143 Å². The topological polar surface area (TPSA) is 41.9 Å². The van der Waals surface area contributed by atoms with Gasteiger partial charge in [0.25, 0.3) is 0 Å². The third-order valence-electron chi connectivity index (χ3n) is 5.53. The second kappa shape index (κ2) is 5.64. The van der Waals surface area contributed by atoms with E-state index in [1.165, 1.54) is 16.7 Å². The lowest BCUT2D eigenvalue weighted by atomic mass is 9.69. The third-order valence-corrected chi connectivity index (χ3v) is 5.53. The molecule has 1 aliphatic carbocycles. The van der Waals surface area contributed by atoms with Crippen molar-refractivity contribution in [3.05, 3.63) is 47.6 Å². The maximum absolute atomic E-state index is 10.1. The van der Waals surface area contributed by atoms with Crippen LogP contribution < -0.4 is 9.47 Å². The molecule has 3 aliphatic rings. The fraction of sp³-hybridized carbons (Fsp3) is 0.500. The van der Waals surface area contributed by atoms with Crippen molar-refractivity contribution < 1.29 is 14.6 Å². The Morgan fingerprint density at radius 1 is 1.50 bits per heavy atom. The van der Waals surface area contributed by atoms with Crippen LogP contribution in [0.5, 0.6) is 11.5 Å². The zero-order valence-electron chi connectivity index (χ0n) is 14.4. The van der Waals surface area contributed by atoms with E-state index in [4.69, 9.17) is 9.47 Å². The number of ether oxygens (including phenoxy) is 2. The molecule has 2 heterocycles. The van der Waals surface area contributed by atoms with Crippen LogP contribution in [0, 0.1) is 0 Å². The predicted octanol–water partition coefficient (Wildman–Crippen LogP) is 2.80. The van der Waals surface area contributed by atoms with E-state index in [1.807, 2.05) is 12.1 Å². The predicted molar refractivity (Wildman–Crippen MR) is 93.6 cm³/mol. The van der Waals surface area contributed by atoms with Crippen LogP contribution in [-0.4, -0.2) is 42.4 Å². The van der Waals surface area contributed by atoms with E-state index in [-0.39, 0.29) is 11.5 Å². The van der Waals surface area contributed by atoms with E-state index < -0.39 is 6.10 Å². The summed E-state index contributed by atoms with van der Waals surface area (Å²) in [5, 5.41) is 10.1. The Kier molecular flexibility index (Phi) is 3.70. The van der Waals surface area contributed by atoms with Crippen molar-refractivity contribution in [3.8, 4) is 11.5 Å². The molecule has 24 heavy (non-hydrogen) atoms. The van der Waals surface area contributed by atoms with E-state index in [0.717, 1.165) is 37.6 Å². The minimum Gasteiger partial charge on any atom is -0.493 e. The average molecular weight is 327 g/mol. The van der Waals surface area contributed by atoms with Crippen molar-refractivity contribution in [2.24, 2.45) is 0 Å². The number of nitrogens with zero attached hydrogens (tertiary/aromatic N) is 1. The Balaban J connectivity index is 1.85. The van der Waals surface area contributed by atoms with Gasteiger partial charge in [0, 0.05) is 31.6 Å². The molecule has 0 saturated carbocycles. The van der Waals surface area contributed by atoms with Gasteiger partial charge in [-0.1, -0.05) is 30.4 Å². The van der Waals surface area contributed by atoms with Crippen LogP contribution in [0.15, 0.2) is 36.4 Å². The van der Waals surface area contributed by atoms with E-state index >= 15 is 0 Å². The number of hydrogen-bond acceptors (Lipinski definition) is 4. The molecule has 4 nitrogen and oxygen atoms in total. The second-order valence-corrected chi connectivity index (χ2v) is 7.36. The Hall–Kier alpha value is -1.78. The van der Waals surface area contributed by atoms with Gasteiger partial charge in [-0.3, -0.25) is 4.90 Å². The summed E-state index contributed by atoms with van der Waals surface area (Å²) in [6, 6.07) is 4.17. The van der Waals surface area contributed by atoms with Crippen LogP contribution in [0.2, 0.25) is 0 Å². The molecule has 4 heteroatoms. The first-order valence-electron chi connectivity index (χ1n) is 8.64. The molecule has 1 aromatic carbocycles. The molecule has 0 amide bonds. The largest absolute Gasteiger partial charge is 0.493 e. The smallest absolute Gasteiger partial charge is 0.166 e. The van der Waals surface area contributed by atoms with Gasteiger partial charge in [0.2, 0.25) is 0 Å². The monoisotopic (exact) mass is 327 g/mol. The molecule has 0 fully saturated rings. The minimum atomic E-state index is -0.431. The van der Waals surface area contributed by atoms with E-state index in [2.05, 4.69) is 30.5 Å². The van der Waals surface area contributed by atoms with Crippen molar-refractivity contribution >= 4 is 0 Å². The first-order chi connectivity index (χ1) is 11.5. The maximum Gasteiger partial charge on any atom is 0.166 e. The molecule has 0 radical (unpaired) electrons. The lowest BCUT2D eigenvalue weighted by molar-refractivity contribution is 0.0815. The Bertz CT molecular complexity index is 711. The normalized spacial score (nSPS) is 31.0. The fourth-order valence-electron chi connectivity index (χ4n) is 4.51. The average Bonchev–Trinajstić information content (AvgIpc) is 2.78. The van der Waals surface area contributed by atoms with Crippen molar-refractivity contribution in [1.82, 2.24) is 4.90 Å². The maximum atomic E-state index is 10.1. The van der Waals surface area contributed by atoms with Gasteiger partial charge in [-0.2, -0.15) is 0 Å². The molecule has 1 aromatic rings. The van der Waals surface area contributed by atoms with Gasteiger partial charge in [-0.25, -0.2) is 0 Å². The minimum absolute atomic E-state index is 0.0210. The summed E-state index contributed by atoms with van der Waals surface area (Å²) in [5.74, 6) is 1.66. The van der Waals surface area contributed by atoms with Crippen molar-refractivity contribution in [3.63, 3.8) is 0 Å². The van der Waals surface area contributed by atoms with E-state index in [1.54, 1.807) is 7.11 Å². The standard InChI is InChI=1S/C20H25NO3/c1-13(2)11-21-9-8-20-7-6-15(22)10-17(20)24-19-16(23-3)5-4-14(12-21)18(19)20/h4-7,15,17,22H,1,8-12H2,2-3H3/t15-,17-,20?/m0/s1. The molecule has 2 aliphatic heterocycles. The zero-order chi connectivity index (χ0) is 16.9. The first-order valence-corrected chi connectivity index (χ1v) is 8.64. The molecule has 1 spiro atoms. The van der Waals surface area contributed by atoms with Crippen LogP contribution >= 0.6 is 0 Å². The van der Waals surface area contributed by atoms with Gasteiger partial charge in [0.15, 0.2) is 11.5 Å². The fourth-order valence-corrected chi connectivity index (χ4v) is 4.51. The summed E-state index contributed by atoms with van der Waals surface area (Å²) in [4.78, 5) is 2.45. The molecular formula is C20H25NO3. The van der Waals surface area contributed by atoms with Gasteiger partial charge in [0.05, 0.1) is 18.6 Å². The lowest BCUT2D eigenvalue weighted by Crippen LogP contribution is -2.43. The highest BCUT2D eigenvalue weighted by Gasteiger charge is 2.52. The Morgan fingerprint density at radius 3 is 3.08 bits per heavy atom. The molecule has 0 bridgehead atoms. The number of methoxy groups -OCH3 is 1. The number of aliphatic hydroxyl groups excluding tert-OH is 1. The van der Waals surface area contributed by atoms with Gasteiger partial charge in [-0.15, -0.1) is 0 Å². The molecular weight excluding hydrogens is 302 g/mol. The summed E-state index contributed by atoms with van der Waals surface area (Å²) in [6.07, 6.45) is 5.29. The number of rotatable bonds is 3.